The average molecular weight is 620 g/mol. The zero-order valence-electron chi connectivity index (χ0n) is 24.6. The third-order valence-corrected chi connectivity index (χ3v) is 7.58. The first-order chi connectivity index (χ1) is 21.2. The molecule has 1 saturated heterocycles. The average Bonchev–Trinajstić information content (AvgIpc) is 3.01. The molecule has 3 aromatic carbocycles. The van der Waals surface area contributed by atoms with E-state index in [2.05, 4.69) is 10.1 Å². The molecule has 2 heterocycles. The van der Waals surface area contributed by atoms with Crippen LogP contribution in [0.3, 0.4) is 0 Å². The molecule has 1 amide bonds. The van der Waals surface area contributed by atoms with E-state index in [0.29, 0.717) is 77.2 Å². The predicted octanol–water partition coefficient (Wildman–Crippen LogP) is 4.35. The summed E-state index contributed by atoms with van der Waals surface area (Å²) in [6.45, 7) is 5.94. The van der Waals surface area contributed by atoms with Gasteiger partial charge in [-0.25, -0.2) is 4.98 Å². The van der Waals surface area contributed by atoms with Gasteiger partial charge in [0.15, 0.2) is 6.61 Å². The van der Waals surface area contributed by atoms with Crippen LogP contribution in [0.25, 0.3) is 16.6 Å². The monoisotopic (exact) mass is 619 g/mol. The number of halogens is 1. The van der Waals surface area contributed by atoms with Gasteiger partial charge in [-0.05, 0) is 67.9 Å². The van der Waals surface area contributed by atoms with E-state index in [1.54, 1.807) is 51.9 Å². The summed E-state index contributed by atoms with van der Waals surface area (Å²) in [5.74, 6) is 1.51. The number of ether oxygens (including phenoxy) is 2. The van der Waals surface area contributed by atoms with Crippen molar-refractivity contribution in [3.05, 3.63) is 98.4 Å². The molecule has 0 bridgehead atoms. The molecule has 44 heavy (non-hydrogen) atoms. The van der Waals surface area contributed by atoms with Gasteiger partial charge in [0.2, 0.25) is 0 Å². The van der Waals surface area contributed by atoms with Gasteiger partial charge in [-0.3, -0.25) is 19.1 Å². The maximum atomic E-state index is 14.1. The van der Waals surface area contributed by atoms with Crippen molar-refractivity contribution >= 4 is 28.4 Å². The van der Waals surface area contributed by atoms with Gasteiger partial charge in [0.1, 0.15) is 30.0 Å². The molecular formula is C32H34ClN5O6. The van der Waals surface area contributed by atoms with Crippen molar-refractivity contribution in [3.63, 3.8) is 0 Å². The molecular weight excluding hydrogens is 586 g/mol. The van der Waals surface area contributed by atoms with Crippen LogP contribution in [0.5, 0.6) is 11.5 Å². The second-order valence-corrected chi connectivity index (χ2v) is 11.2. The van der Waals surface area contributed by atoms with Crippen LogP contribution in [-0.2, 0) is 11.3 Å². The lowest BCUT2D eigenvalue weighted by Gasteiger charge is -2.34. The van der Waals surface area contributed by atoms with Crippen LogP contribution in [0.4, 0.5) is 0 Å². The summed E-state index contributed by atoms with van der Waals surface area (Å²) in [4.78, 5) is 46.5. The molecule has 0 spiro atoms. The largest absolute Gasteiger partial charge is 0.489 e. The number of rotatable bonds is 11. The van der Waals surface area contributed by atoms with E-state index >= 15 is 0 Å². The maximum Gasteiger partial charge on any atom is 0.266 e. The Balaban J connectivity index is 1.40. The van der Waals surface area contributed by atoms with Gasteiger partial charge in [-0.15, -0.1) is 0 Å². The van der Waals surface area contributed by atoms with Gasteiger partial charge < -0.3 is 19.5 Å². The van der Waals surface area contributed by atoms with Gasteiger partial charge in [0.05, 0.1) is 29.2 Å². The predicted molar refractivity (Wildman–Crippen MR) is 168 cm³/mol. The second kappa shape index (κ2) is 14.0. The molecule has 0 aliphatic carbocycles. The number of aliphatic hydroxyl groups is 1. The van der Waals surface area contributed by atoms with Crippen LogP contribution in [0.1, 0.15) is 31.3 Å². The molecule has 230 valence electrons. The first kappa shape index (κ1) is 31.1. The van der Waals surface area contributed by atoms with Gasteiger partial charge in [0, 0.05) is 31.2 Å². The minimum atomic E-state index is -1.13. The number of aliphatic hydroxyl groups excluding tert-OH is 1. The Bertz CT molecular complexity index is 1690. The molecule has 1 N–H and O–H groups in total. The van der Waals surface area contributed by atoms with Crippen LogP contribution < -0.4 is 15.0 Å². The van der Waals surface area contributed by atoms with Gasteiger partial charge in [0.25, 0.3) is 11.5 Å². The fourth-order valence-corrected chi connectivity index (χ4v) is 5.23. The van der Waals surface area contributed by atoms with E-state index < -0.39 is 6.10 Å². The lowest BCUT2D eigenvalue weighted by Crippen LogP contribution is -2.50. The number of hydrogen-bond donors (Lipinski definition) is 1. The number of aromatic nitrogens is 2. The highest BCUT2D eigenvalue weighted by molar-refractivity contribution is 6.30. The number of carbonyl (C=O) groups is 1. The third kappa shape index (κ3) is 7.24. The summed E-state index contributed by atoms with van der Waals surface area (Å²) in [6.07, 6.45) is -1.26. The molecule has 4 aromatic rings. The highest BCUT2D eigenvalue weighted by atomic mass is 35.5. The van der Waals surface area contributed by atoms with Crippen LogP contribution in [-0.4, -0.2) is 75.8 Å². The smallest absolute Gasteiger partial charge is 0.266 e. The van der Waals surface area contributed by atoms with Crippen molar-refractivity contribution in [2.24, 2.45) is 5.18 Å². The van der Waals surface area contributed by atoms with Crippen molar-refractivity contribution in [1.82, 2.24) is 19.4 Å². The summed E-state index contributed by atoms with van der Waals surface area (Å²) in [6, 6.07) is 19.0. The van der Waals surface area contributed by atoms with Crippen LogP contribution in [0.2, 0.25) is 5.02 Å². The Kier molecular flexibility index (Phi) is 9.89. The van der Waals surface area contributed by atoms with E-state index in [-0.39, 0.29) is 30.7 Å². The number of piperazine rings is 1. The molecule has 1 aromatic heterocycles. The molecule has 1 fully saturated rings. The Labute approximate surface area is 259 Å². The van der Waals surface area contributed by atoms with E-state index in [0.717, 1.165) is 0 Å². The van der Waals surface area contributed by atoms with E-state index in [1.807, 2.05) is 38.1 Å². The van der Waals surface area contributed by atoms with Gasteiger partial charge in [-0.2, -0.15) is 4.91 Å². The number of hydrogen-bond acceptors (Lipinski definition) is 9. The molecule has 0 saturated carbocycles. The standard InChI is InChI=1S/C32H34ClN5O6/c1-21(2)44-29-6-4-3-5-27(29)38-30(35-26-12-7-22(28(39)18-34-42)17-25(26)32(38)41)19-36-13-15-37(16-14-36)31(40)20-43-24-10-8-23(33)9-11-24/h3-12,17,21,28,39H,13-16,18-20H2,1-2H3. The number of fused-ring (bicyclic) bond motifs is 1. The van der Waals surface area contributed by atoms with E-state index in [9.17, 15) is 19.6 Å². The molecule has 5 rings (SSSR count). The fraction of sp³-hybridized carbons (Fsp3) is 0.344. The summed E-state index contributed by atoms with van der Waals surface area (Å²) < 4.78 is 13.2. The number of carbonyl (C=O) groups excluding carboxylic acids is 1. The molecule has 1 aliphatic heterocycles. The Morgan fingerprint density at radius 2 is 1.77 bits per heavy atom. The van der Waals surface area contributed by atoms with Crippen molar-refractivity contribution in [3.8, 4) is 17.2 Å². The lowest BCUT2D eigenvalue weighted by atomic mass is 10.1. The third-order valence-electron chi connectivity index (χ3n) is 7.33. The highest BCUT2D eigenvalue weighted by Crippen LogP contribution is 2.26. The van der Waals surface area contributed by atoms with E-state index in [4.69, 9.17) is 26.1 Å². The zero-order valence-corrected chi connectivity index (χ0v) is 25.3. The summed E-state index contributed by atoms with van der Waals surface area (Å²) in [5.41, 5.74) is 1.09. The SMILES string of the molecule is CC(C)Oc1ccccc1-n1c(CN2CCN(C(=O)COc3ccc(Cl)cc3)CC2)nc2ccc(C(O)CN=O)cc2c1=O. The molecule has 12 heteroatoms. The van der Waals surface area contributed by atoms with Crippen LogP contribution in [0.15, 0.2) is 76.7 Å². The minimum absolute atomic E-state index is 0.0698. The van der Waals surface area contributed by atoms with Crippen molar-refractivity contribution in [1.29, 1.82) is 0 Å². The normalized spacial score (nSPS) is 14.5. The molecule has 1 unspecified atom stereocenters. The van der Waals surface area contributed by atoms with Crippen molar-refractivity contribution in [2.45, 2.75) is 32.6 Å². The molecule has 11 nitrogen and oxygen atoms in total. The highest BCUT2D eigenvalue weighted by Gasteiger charge is 2.25. The number of nitrogens with zero attached hydrogens (tertiary/aromatic N) is 5. The Morgan fingerprint density at radius 3 is 2.48 bits per heavy atom. The molecule has 1 atom stereocenters. The van der Waals surface area contributed by atoms with Crippen molar-refractivity contribution in [2.75, 3.05) is 39.3 Å². The summed E-state index contributed by atoms with van der Waals surface area (Å²) in [7, 11) is 0. The maximum absolute atomic E-state index is 14.1. The quantitative estimate of drug-likeness (QED) is 0.246. The zero-order chi connectivity index (χ0) is 31.2. The Morgan fingerprint density at radius 1 is 1.05 bits per heavy atom. The topological polar surface area (TPSA) is 127 Å². The first-order valence-electron chi connectivity index (χ1n) is 14.4. The minimum Gasteiger partial charge on any atom is -0.489 e. The molecule has 1 aliphatic rings. The molecule has 0 radical (unpaired) electrons. The second-order valence-electron chi connectivity index (χ2n) is 10.8. The van der Waals surface area contributed by atoms with Crippen LogP contribution >= 0.6 is 11.6 Å². The number of amides is 1. The van der Waals surface area contributed by atoms with Gasteiger partial charge in [-0.1, -0.05) is 35.0 Å². The first-order valence-corrected chi connectivity index (χ1v) is 14.8. The van der Waals surface area contributed by atoms with Crippen molar-refractivity contribution < 1.29 is 19.4 Å². The lowest BCUT2D eigenvalue weighted by molar-refractivity contribution is -0.135. The van der Waals surface area contributed by atoms with E-state index in [1.165, 1.54) is 0 Å². The summed E-state index contributed by atoms with van der Waals surface area (Å²) >= 11 is 5.92. The fourth-order valence-electron chi connectivity index (χ4n) is 5.10. The Hall–Kier alpha value is -4.32. The van der Waals surface area contributed by atoms with Crippen LogP contribution in [0, 0.1) is 4.91 Å². The number of nitroso groups, excluding NO2 is 1. The summed E-state index contributed by atoms with van der Waals surface area (Å²) in [5, 5.41) is 14.0. The van der Waals surface area contributed by atoms with Gasteiger partial charge >= 0.3 is 0 Å². The number of benzene rings is 3. The number of para-hydroxylation sites is 2.